The van der Waals surface area contributed by atoms with Gasteiger partial charge in [-0.3, -0.25) is 9.36 Å². The normalized spacial score (nSPS) is 17.2. The lowest BCUT2D eigenvalue weighted by atomic mass is 10.2. The highest BCUT2D eigenvalue weighted by molar-refractivity contribution is 5.83. The maximum atomic E-state index is 12.6. The largest absolute Gasteiger partial charge is 0.420 e. The molecule has 112 valence electrons. The zero-order valence-electron chi connectivity index (χ0n) is 12.4. The second-order valence-corrected chi connectivity index (χ2v) is 5.77. The molecule has 1 aliphatic carbocycles. The minimum Gasteiger partial charge on any atom is -0.408 e. The lowest BCUT2D eigenvalue weighted by molar-refractivity contribution is -0.135. The van der Waals surface area contributed by atoms with Crippen LogP contribution in [0.15, 0.2) is 33.5 Å². The molecule has 1 saturated carbocycles. The molecule has 1 fully saturated rings. The second kappa shape index (κ2) is 5.39. The minimum absolute atomic E-state index is 0.0319. The number of oxazole rings is 1. The van der Waals surface area contributed by atoms with Crippen molar-refractivity contribution in [2.45, 2.75) is 44.7 Å². The molecule has 1 amide bonds. The first-order valence-electron chi connectivity index (χ1n) is 7.46. The highest BCUT2D eigenvalue weighted by atomic mass is 16.4. The molecular formula is C16H20N2O3. The molecule has 5 heteroatoms. The lowest BCUT2D eigenvalue weighted by Crippen LogP contribution is -2.40. The van der Waals surface area contributed by atoms with Crippen molar-refractivity contribution < 1.29 is 9.21 Å². The van der Waals surface area contributed by atoms with E-state index in [4.69, 9.17) is 4.42 Å². The van der Waals surface area contributed by atoms with E-state index in [1.165, 1.54) is 17.4 Å². The summed E-state index contributed by atoms with van der Waals surface area (Å²) in [5.41, 5.74) is 1.19. The van der Waals surface area contributed by atoms with Crippen molar-refractivity contribution in [1.29, 1.82) is 0 Å². The van der Waals surface area contributed by atoms with Crippen LogP contribution in [0.3, 0.4) is 0 Å². The number of amides is 1. The number of likely N-dealkylation sites (N-methyl/N-ethyl adjacent to an activating group) is 1. The quantitative estimate of drug-likeness (QED) is 0.872. The van der Waals surface area contributed by atoms with Gasteiger partial charge in [-0.1, -0.05) is 25.0 Å². The van der Waals surface area contributed by atoms with Gasteiger partial charge >= 0.3 is 5.76 Å². The van der Waals surface area contributed by atoms with Crippen LogP contribution in [0.2, 0.25) is 0 Å². The molecule has 0 aliphatic heterocycles. The summed E-state index contributed by atoms with van der Waals surface area (Å²) in [6.45, 7) is 1.76. The summed E-state index contributed by atoms with van der Waals surface area (Å²) in [7, 11) is 1.84. The molecule has 0 spiro atoms. The molecule has 5 nitrogen and oxygen atoms in total. The van der Waals surface area contributed by atoms with Gasteiger partial charge in [-0.25, -0.2) is 4.79 Å². The molecule has 0 radical (unpaired) electrons. The van der Waals surface area contributed by atoms with Crippen molar-refractivity contribution in [1.82, 2.24) is 9.47 Å². The molecule has 1 aromatic carbocycles. The molecule has 0 bridgehead atoms. The Morgan fingerprint density at radius 2 is 2.00 bits per heavy atom. The predicted octanol–water partition coefficient (Wildman–Crippen LogP) is 2.56. The molecule has 21 heavy (non-hydrogen) atoms. The lowest BCUT2D eigenvalue weighted by Gasteiger charge is -2.27. The number of carbonyl (C=O) groups is 1. The standard InChI is InChI=1S/C16H20N2O3/c1-11(15(19)17(2)12-7-3-4-8-12)18-13-9-5-6-10-14(13)21-16(18)20/h5-6,9-12H,3-4,7-8H2,1-2H3/t11-/m0/s1. The maximum absolute atomic E-state index is 12.6. The summed E-state index contributed by atoms with van der Waals surface area (Å²) in [5.74, 6) is -0.507. The Morgan fingerprint density at radius 1 is 1.33 bits per heavy atom. The fraction of sp³-hybridized carbons (Fsp3) is 0.500. The number of benzene rings is 1. The average Bonchev–Trinajstić information content (AvgIpc) is 3.11. The summed E-state index contributed by atoms with van der Waals surface area (Å²) < 4.78 is 6.66. The third kappa shape index (κ3) is 2.37. The van der Waals surface area contributed by atoms with Crippen LogP contribution in [-0.4, -0.2) is 28.5 Å². The molecule has 2 aromatic rings. The number of nitrogens with zero attached hydrogens (tertiary/aromatic N) is 2. The van der Waals surface area contributed by atoms with E-state index in [1.54, 1.807) is 24.0 Å². The Labute approximate surface area is 123 Å². The summed E-state index contributed by atoms with van der Waals surface area (Å²) in [4.78, 5) is 26.5. The Bertz CT molecular complexity index is 710. The van der Waals surface area contributed by atoms with Crippen LogP contribution in [0.1, 0.15) is 38.6 Å². The fourth-order valence-corrected chi connectivity index (χ4v) is 3.23. The van der Waals surface area contributed by atoms with E-state index in [2.05, 4.69) is 0 Å². The van der Waals surface area contributed by atoms with Crippen molar-refractivity contribution in [2.75, 3.05) is 7.05 Å². The third-order valence-electron chi connectivity index (χ3n) is 4.48. The number of fused-ring (bicyclic) bond motifs is 1. The van der Waals surface area contributed by atoms with E-state index in [0.717, 1.165) is 12.8 Å². The summed E-state index contributed by atoms with van der Waals surface area (Å²) in [6.07, 6.45) is 4.45. The van der Waals surface area contributed by atoms with Gasteiger partial charge in [-0.15, -0.1) is 0 Å². The van der Waals surface area contributed by atoms with Gasteiger partial charge in [0.05, 0.1) is 5.52 Å². The van der Waals surface area contributed by atoms with Crippen molar-refractivity contribution >= 4 is 17.0 Å². The minimum atomic E-state index is -0.549. The molecule has 0 N–H and O–H groups in total. The summed E-state index contributed by atoms with van der Waals surface area (Å²) in [6, 6.07) is 6.95. The molecule has 1 atom stereocenters. The first-order chi connectivity index (χ1) is 10.1. The van der Waals surface area contributed by atoms with Gasteiger partial charge in [0.1, 0.15) is 6.04 Å². The molecule has 1 heterocycles. The van der Waals surface area contributed by atoms with Crippen molar-refractivity contribution in [3.63, 3.8) is 0 Å². The van der Waals surface area contributed by atoms with Crippen molar-refractivity contribution in [3.8, 4) is 0 Å². The van der Waals surface area contributed by atoms with E-state index in [-0.39, 0.29) is 5.91 Å². The topological polar surface area (TPSA) is 55.5 Å². The first-order valence-corrected chi connectivity index (χ1v) is 7.46. The first kappa shape index (κ1) is 13.9. The van der Waals surface area contributed by atoms with E-state index >= 15 is 0 Å². The van der Waals surface area contributed by atoms with E-state index in [1.807, 2.05) is 19.2 Å². The van der Waals surface area contributed by atoms with Gasteiger partial charge in [0, 0.05) is 13.1 Å². The summed E-state index contributed by atoms with van der Waals surface area (Å²) in [5, 5.41) is 0. The van der Waals surface area contributed by atoms with E-state index in [0.29, 0.717) is 17.1 Å². The Hall–Kier alpha value is -2.04. The van der Waals surface area contributed by atoms with Crippen LogP contribution >= 0.6 is 0 Å². The van der Waals surface area contributed by atoms with Crippen LogP contribution in [0.5, 0.6) is 0 Å². The smallest absolute Gasteiger partial charge is 0.408 e. The van der Waals surface area contributed by atoms with Crippen LogP contribution in [0.25, 0.3) is 11.1 Å². The van der Waals surface area contributed by atoms with Crippen LogP contribution in [0.4, 0.5) is 0 Å². The number of rotatable bonds is 3. The molecule has 0 unspecified atom stereocenters. The second-order valence-electron chi connectivity index (χ2n) is 5.77. The summed E-state index contributed by atoms with van der Waals surface area (Å²) >= 11 is 0. The number of aromatic nitrogens is 1. The molecule has 1 aromatic heterocycles. The van der Waals surface area contributed by atoms with Crippen LogP contribution < -0.4 is 5.76 Å². The Morgan fingerprint density at radius 3 is 2.71 bits per heavy atom. The monoisotopic (exact) mass is 288 g/mol. The number of hydrogen-bond donors (Lipinski definition) is 0. The van der Waals surface area contributed by atoms with Gasteiger partial charge in [-0.2, -0.15) is 0 Å². The zero-order valence-corrected chi connectivity index (χ0v) is 12.4. The van der Waals surface area contributed by atoms with Gasteiger partial charge in [0.2, 0.25) is 5.91 Å². The Balaban J connectivity index is 1.92. The van der Waals surface area contributed by atoms with Gasteiger partial charge < -0.3 is 9.32 Å². The SMILES string of the molecule is C[C@@H](C(=O)N(C)C1CCCC1)n1c(=O)oc2ccccc21. The highest BCUT2D eigenvalue weighted by Gasteiger charge is 2.29. The third-order valence-corrected chi connectivity index (χ3v) is 4.48. The number of carbonyl (C=O) groups excluding carboxylic acids is 1. The molecule has 1 aliphatic rings. The molecular weight excluding hydrogens is 268 g/mol. The van der Waals surface area contributed by atoms with E-state index in [9.17, 15) is 9.59 Å². The Kier molecular flexibility index (Phi) is 3.57. The highest BCUT2D eigenvalue weighted by Crippen LogP contribution is 2.25. The van der Waals surface area contributed by atoms with Gasteiger partial charge in [0.15, 0.2) is 5.58 Å². The molecule has 0 saturated heterocycles. The van der Waals surface area contributed by atoms with Crippen LogP contribution in [-0.2, 0) is 4.79 Å². The van der Waals surface area contributed by atoms with Crippen molar-refractivity contribution in [2.24, 2.45) is 0 Å². The van der Waals surface area contributed by atoms with E-state index < -0.39 is 11.8 Å². The number of hydrogen-bond acceptors (Lipinski definition) is 3. The predicted molar refractivity (Wildman–Crippen MR) is 80.2 cm³/mol. The van der Waals surface area contributed by atoms with Crippen LogP contribution in [0, 0.1) is 0 Å². The fourth-order valence-electron chi connectivity index (χ4n) is 3.23. The molecule has 3 rings (SSSR count). The van der Waals surface area contributed by atoms with Gasteiger partial charge in [0.25, 0.3) is 0 Å². The number of para-hydroxylation sites is 2. The zero-order chi connectivity index (χ0) is 15.0. The van der Waals surface area contributed by atoms with Gasteiger partial charge in [-0.05, 0) is 31.9 Å². The maximum Gasteiger partial charge on any atom is 0.420 e. The average molecular weight is 288 g/mol. The van der Waals surface area contributed by atoms with Crippen molar-refractivity contribution in [3.05, 3.63) is 34.8 Å².